The van der Waals surface area contributed by atoms with Gasteiger partial charge in [-0.1, -0.05) is 72.8 Å². The number of ether oxygens (including phenoxy) is 1. The van der Waals surface area contributed by atoms with Crippen molar-refractivity contribution in [1.82, 2.24) is 0 Å². The Morgan fingerprint density at radius 3 is 2.11 bits per heavy atom. The predicted molar refractivity (Wildman–Crippen MR) is 113 cm³/mol. The van der Waals surface area contributed by atoms with Crippen LogP contribution in [0.25, 0.3) is 16.9 Å². The first kappa shape index (κ1) is 17.7. The number of carbonyl (C=O) groups is 1. The summed E-state index contributed by atoms with van der Waals surface area (Å²) in [5.41, 5.74) is 5.42. The smallest absolute Gasteiger partial charge is 0.364 e. The lowest BCUT2D eigenvalue weighted by molar-refractivity contribution is -0.128. The molecule has 0 N–H and O–H groups in total. The van der Waals surface area contributed by atoms with Crippen LogP contribution in [0.4, 0.5) is 5.69 Å². The maximum Gasteiger partial charge on any atom is 0.364 e. The summed E-state index contributed by atoms with van der Waals surface area (Å²) in [5.74, 6) is 0.0733. The molecule has 138 valence electrons. The number of hydrogen-bond donors (Lipinski definition) is 0. The first-order valence-corrected chi connectivity index (χ1v) is 9.09. The monoisotopic (exact) mass is 368 g/mol. The second kappa shape index (κ2) is 7.53. The van der Waals surface area contributed by atoms with E-state index in [0.29, 0.717) is 5.76 Å². The fourth-order valence-electron chi connectivity index (χ4n) is 3.18. The van der Waals surface area contributed by atoms with Gasteiger partial charge in [0.15, 0.2) is 5.71 Å². The summed E-state index contributed by atoms with van der Waals surface area (Å²) in [6.45, 7) is 2.01. The number of aryl methyl sites for hydroxylation is 1. The Morgan fingerprint density at radius 1 is 0.786 bits per heavy atom. The van der Waals surface area contributed by atoms with Crippen molar-refractivity contribution in [2.24, 2.45) is 5.10 Å². The molecule has 0 aliphatic carbocycles. The number of para-hydroxylation sites is 1. The molecule has 0 saturated carbocycles. The van der Waals surface area contributed by atoms with E-state index in [1.807, 2.05) is 80.7 Å². The van der Waals surface area contributed by atoms with Crippen molar-refractivity contribution >= 4 is 23.1 Å². The van der Waals surface area contributed by atoms with Crippen LogP contribution in [0.15, 0.2) is 90.0 Å². The van der Waals surface area contributed by atoms with Crippen molar-refractivity contribution in [3.05, 3.63) is 96.1 Å². The van der Waals surface area contributed by atoms with Gasteiger partial charge in [-0.05, 0) is 29.7 Å². The van der Waals surface area contributed by atoms with Gasteiger partial charge in [-0.3, -0.25) is 5.01 Å². The van der Waals surface area contributed by atoms with E-state index >= 15 is 0 Å². The van der Waals surface area contributed by atoms with E-state index in [1.165, 1.54) is 0 Å². The zero-order valence-corrected chi connectivity index (χ0v) is 15.8. The van der Waals surface area contributed by atoms with E-state index in [2.05, 4.69) is 17.2 Å². The number of benzene rings is 3. The standard InChI is InChI=1S/C24H20N2O2/c1-17-8-6-7-11-22(17)26(2)25-21-16-23(28-24(21)27)20-14-12-19(13-15-20)18-9-4-3-5-10-18/h3-16H,1-2H3/b25-21+. The van der Waals surface area contributed by atoms with Crippen LogP contribution in [0, 0.1) is 6.92 Å². The van der Waals surface area contributed by atoms with Gasteiger partial charge in [0.1, 0.15) is 5.76 Å². The molecule has 0 atom stereocenters. The van der Waals surface area contributed by atoms with E-state index in [1.54, 1.807) is 11.1 Å². The van der Waals surface area contributed by atoms with Gasteiger partial charge >= 0.3 is 5.97 Å². The van der Waals surface area contributed by atoms with Gasteiger partial charge in [0.2, 0.25) is 0 Å². The summed E-state index contributed by atoms with van der Waals surface area (Å²) < 4.78 is 5.44. The molecule has 0 bridgehead atoms. The highest BCUT2D eigenvalue weighted by Gasteiger charge is 2.24. The first-order valence-electron chi connectivity index (χ1n) is 9.09. The zero-order chi connectivity index (χ0) is 19.5. The van der Waals surface area contributed by atoms with Gasteiger partial charge in [0.05, 0.1) is 5.69 Å². The molecule has 4 rings (SSSR count). The molecule has 3 aromatic carbocycles. The average Bonchev–Trinajstić information content (AvgIpc) is 3.09. The Balaban J connectivity index is 1.58. The second-order valence-electron chi connectivity index (χ2n) is 6.64. The molecule has 4 heteroatoms. The minimum absolute atomic E-state index is 0.285. The second-order valence-corrected chi connectivity index (χ2v) is 6.64. The largest absolute Gasteiger partial charge is 0.421 e. The van der Waals surface area contributed by atoms with Crippen molar-refractivity contribution in [2.75, 3.05) is 12.1 Å². The van der Waals surface area contributed by atoms with E-state index in [9.17, 15) is 4.79 Å². The molecule has 0 saturated heterocycles. The van der Waals surface area contributed by atoms with Crippen LogP contribution in [-0.4, -0.2) is 18.7 Å². The summed E-state index contributed by atoms with van der Waals surface area (Å²) in [6, 6.07) is 26.0. The average molecular weight is 368 g/mol. The van der Waals surface area contributed by atoms with E-state index in [-0.39, 0.29) is 5.71 Å². The number of anilines is 1. The highest BCUT2D eigenvalue weighted by atomic mass is 16.5. The first-order chi connectivity index (χ1) is 13.6. The van der Waals surface area contributed by atoms with Crippen LogP contribution in [-0.2, 0) is 9.53 Å². The number of esters is 1. The summed E-state index contributed by atoms with van der Waals surface area (Å²) >= 11 is 0. The lowest BCUT2D eigenvalue weighted by Gasteiger charge is -2.15. The van der Waals surface area contributed by atoms with Gasteiger partial charge in [-0.25, -0.2) is 4.79 Å². The predicted octanol–water partition coefficient (Wildman–Crippen LogP) is 5.05. The molecular weight excluding hydrogens is 348 g/mol. The number of carbonyl (C=O) groups excluding carboxylic acids is 1. The molecule has 1 aliphatic heterocycles. The van der Waals surface area contributed by atoms with Gasteiger partial charge in [0.25, 0.3) is 0 Å². The van der Waals surface area contributed by atoms with E-state index in [4.69, 9.17) is 4.74 Å². The van der Waals surface area contributed by atoms with Crippen molar-refractivity contribution in [3.63, 3.8) is 0 Å². The Hall–Kier alpha value is -3.66. The molecule has 0 unspecified atom stereocenters. The number of hydrogen-bond acceptors (Lipinski definition) is 4. The van der Waals surface area contributed by atoms with Gasteiger partial charge < -0.3 is 4.74 Å². The Bertz CT molecular complexity index is 1070. The minimum Gasteiger partial charge on any atom is -0.421 e. The van der Waals surface area contributed by atoms with Crippen molar-refractivity contribution < 1.29 is 9.53 Å². The molecular formula is C24H20N2O2. The zero-order valence-electron chi connectivity index (χ0n) is 15.8. The summed E-state index contributed by atoms with van der Waals surface area (Å²) in [4.78, 5) is 12.3. The van der Waals surface area contributed by atoms with Crippen LogP contribution < -0.4 is 5.01 Å². The van der Waals surface area contributed by atoms with Crippen molar-refractivity contribution in [1.29, 1.82) is 0 Å². The lowest BCUT2D eigenvalue weighted by atomic mass is 10.0. The third-order valence-electron chi connectivity index (χ3n) is 4.68. The quantitative estimate of drug-likeness (QED) is 0.478. The molecule has 28 heavy (non-hydrogen) atoms. The maximum atomic E-state index is 12.3. The van der Waals surface area contributed by atoms with Gasteiger partial charge in [0, 0.05) is 18.7 Å². The Kier molecular flexibility index (Phi) is 4.77. The van der Waals surface area contributed by atoms with Crippen molar-refractivity contribution in [3.8, 4) is 11.1 Å². The summed E-state index contributed by atoms with van der Waals surface area (Å²) in [5, 5.41) is 6.13. The Labute approximate surface area is 164 Å². The fourth-order valence-corrected chi connectivity index (χ4v) is 3.18. The lowest BCUT2D eigenvalue weighted by Crippen LogP contribution is -2.17. The maximum absolute atomic E-state index is 12.3. The van der Waals surface area contributed by atoms with Crippen molar-refractivity contribution in [2.45, 2.75) is 6.92 Å². The van der Waals surface area contributed by atoms with Crippen LogP contribution in [0.2, 0.25) is 0 Å². The number of nitrogens with zero attached hydrogens (tertiary/aromatic N) is 2. The topological polar surface area (TPSA) is 41.9 Å². The molecule has 0 amide bonds. The number of hydrazone groups is 1. The van der Waals surface area contributed by atoms with E-state index < -0.39 is 5.97 Å². The SMILES string of the molecule is Cc1ccccc1N(C)/N=C1\C=C(c2ccc(-c3ccccc3)cc2)OC1=O. The fraction of sp³-hybridized carbons (Fsp3) is 0.0833. The molecule has 0 aromatic heterocycles. The Morgan fingerprint density at radius 2 is 1.39 bits per heavy atom. The van der Waals surface area contributed by atoms with Crippen LogP contribution in [0.3, 0.4) is 0 Å². The molecule has 1 aliphatic rings. The van der Waals surface area contributed by atoms with Crippen LogP contribution >= 0.6 is 0 Å². The molecule has 3 aromatic rings. The highest BCUT2D eigenvalue weighted by molar-refractivity contribution is 6.45. The third kappa shape index (κ3) is 3.58. The molecule has 0 radical (unpaired) electrons. The highest BCUT2D eigenvalue weighted by Crippen LogP contribution is 2.26. The van der Waals surface area contributed by atoms with Gasteiger partial charge in [-0.2, -0.15) is 5.10 Å². The number of cyclic esters (lactones) is 1. The third-order valence-corrected chi connectivity index (χ3v) is 4.68. The molecule has 1 heterocycles. The normalized spacial score (nSPS) is 14.7. The number of rotatable bonds is 4. The van der Waals surface area contributed by atoms with Crippen LogP contribution in [0.5, 0.6) is 0 Å². The summed E-state index contributed by atoms with van der Waals surface area (Å²) in [6.07, 6.45) is 1.69. The molecule has 0 spiro atoms. The molecule has 0 fully saturated rings. The van der Waals surface area contributed by atoms with Gasteiger partial charge in [-0.15, -0.1) is 0 Å². The van der Waals surface area contributed by atoms with Crippen LogP contribution in [0.1, 0.15) is 11.1 Å². The van der Waals surface area contributed by atoms with E-state index in [0.717, 1.165) is 27.9 Å². The minimum atomic E-state index is -0.442. The molecule has 4 nitrogen and oxygen atoms in total. The summed E-state index contributed by atoms with van der Waals surface area (Å²) in [7, 11) is 1.82.